The highest BCUT2D eigenvalue weighted by atomic mass is 16.3. The van der Waals surface area contributed by atoms with Crippen molar-refractivity contribution < 1.29 is 5.11 Å². The molecule has 2 N–H and O–H groups in total. The van der Waals surface area contributed by atoms with Gasteiger partial charge in [-0.3, -0.25) is 4.98 Å². The fourth-order valence-corrected chi connectivity index (χ4v) is 3.37. The van der Waals surface area contributed by atoms with Crippen molar-refractivity contribution in [3.05, 3.63) is 42.9 Å². The lowest BCUT2D eigenvalue weighted by Crippen LogP contribution is -2.27. The van der Waals surface area contributed by atoms with Gasteiger partial charge in [-0.1, -0.05) is 0 Å². The molecule has 0 saturated heterocycles. The normalized spacial score (nSPS) is 21.0. The summed E-state index contributed by atoms with van der Waals surface area (Å²) in [5, 5.41) is 17.5. The number of imidazole rings is 1. The van der Waals surface area contributed by atoms with Crippen molar-refractivity contribution in [2.45, 2.75) is 31.7 Å². The van der Waals surface area contributed by atoms with Gasteiger partial charge in [0.1, 0.15) is 5.82 Å². The molecule has 0 spiro atoms. The molecule has 0 unspecified atom stereocenters. The number of aromatic nitrogens is 4. The Bertz CT molecular complexity index is 809. The molecule has 1 saturated carbocycles. The number of pyridine rings is 1. The van der Waals surface area contributed by atoms with Gasteiger partial charge < -0.3 is 10.4 Å². The van der Waals surface area contributed by atoms with E-state index in [1.165, 1.54) is 0 Å². The van der Waals surface area contributed by atoms with Gasteiger partial charge in [-0.05, 0) is 55.9 Å². The van der Waals surface area contributed by atoms with Gasteiger partial charge >= 0.3 is 0 Å². The Balaban J connectivity index is 1.57. The van der Waals surface area contributed by atoms with Crippen LogP contribution in [0.1, 0.15) is 25.7 Å². The number of rotatable bonds is 4. The molecule has 124 valence electrons. The first-order chi connectivity index (χ1) is 11.8. The number of nitrogens with zero attached hydrogens (tertiary/aromatic N) is 4. The Labute approximate surface area is 140 Å². The molecule has 0 atom stereocenters. The first kappa shape index (κ1) is 15.1. The fraction of sp³-hybridized carbons (Fsp3) is 0.389. The van der Waals surface area contributed by atoms with Crippen LogP contribution in [-0.2, 0) is 0 Å². The van der Waals surface area contributed by atoms with Crippen LogP contribution in [0.2, 0.25) is 0 Å². The molecule has 0 radical (unpaired) electrons. The molecular weight excluding hydrogens is 302 g/mol. The monoisotopic (exact) mass is 323 g/mol. The lowest BCUT2D eigenvalue weighted by molar-refractivity contribution is 0.185. The Kier molecular flexibility index (Phi) is 4.13. The standard InChI is InChI=1S/C18H21N5O/c24-12-13-1-3-15(4-2-13)21-17-5-6-18-20-11-16(23(18)22-17)14-7-9-19-10-8-14/h5-11,13,15,24H,1-4,12H2,(H,21,22)/t13-,15+. The second-order valence-corrected chi connectivity index (χ2v) is 6.41. The van der Waals surface area contributed by atoms with Gasteiger partial charge in [0.05, 0.1) is 11.9 Å². The third-order valence-electron chi connectivity index (χ3n) is 4.80. The topological polar surface area (TPSA) is 75.3 Å². The molecule has 0 bridgehead atoms. The molecule has 1 aliphatic rings. The van der Waals surface area contributed by atoms with E-state index in [1.807, 2.05) is 35.0 Å². The fourth-order valence-electron chi connectivity index (χ4n) is 3.37. The van der Waals surface area contributed by atoms with E-state index in [4.69, 9.17) is 5.10 Å². The summed E-state index contributed by atoms with van der Waals surface area (Å²) in [5.41, 5.74) is 2.84. The first-order valence-corrected chi connectivity index (χ1v) is 8.46. The van der Waals surface area contributed by atoms with E-state index in [9.17, 15) is 5.11 Å². The van der Waals surface area contributed by atoms with Crippen LogP contribution in [0.4, 0.5) is 5.82 Å². The molecule has 6 nitrogen and oxygen atoms in total. The molecule has 4 rings (SSSR count). The Morgan fingerprint density at radius 1 is 1.08 bits per heavy atom. The Morgan fingerprint density at radius 3 is 2.62 bits per heavy atom. The predicted molar refractivity (Wildman–Crippen MR) is 92.7 cm³/mol. The molecule has 1 fully saturated rings. The summed E-state index contributed by atoms with van der Waals surface area (Å²) in [5.74, 6) is 1.33. The smallest absolute Gasteiger partial charge is 0.154 e. The summed E-state index contributed by atoms with van der Waals surface area (Å²) < 4.78 is 1.87. The second-order valence-electron chi connectivity index (χ2n) is 6.41. The first-order valence-electron chi connectivity index (χ1n) is 8.46. The lowest BCUT2D eigenvalue weighted by atomic mass is 9.86. The van der Waals surface area contributed by atoms with Gasteiger partial charge in [0.15, 0.2) is 5.65 Å². The van der Waals surface area contributed by atoms with E-state index < -0.39 is 0 Å². The van der Waals surface area contributed by atoms with E-state index in [2.05, 4.69) is 15.3 Å². The predicted octanol–water partition coefficient (Wildman–Crippen LogP) is 2.75. The van der Waals surface area contributed by atoms with Crippen molar-refractivity contribution in [3.8, 4) is 11.3 Å². The summed E-state index contributed by atoms with van der Waals surface area (Å²) in [4.78, 5) is 8.49. The summed E-state index contributed by atoms with van der Waals surface area (Å²) in [6.07, 6.45) is 9.69. The summed E-state index contributed by atoms with van der Waals surface area (Å²) in [6, 6.07) is 8.31. The van der Waals surface area contributed by atoms with Crippen LogP contribution in [-0.4, -0.2) is 37.3 Å². The van der Waals surface area contributed by atoms with E-state index in [1.54, 1.807) is 12.4 Å². The van der Waals surface area contributed by atoms with Crippen LogP contribution >= 0.6 is 0 Å². The molecular formula is C18H21N5O. The van der Waals surface area contributed by atoms with Crippen molar-refractivity contribution in [1.29, 1.82) is 0 Å². The van der Waals surface area contributed by atoms with Crippen molar-refractivity contribution in [1.82, 2.24) is 19.6 Å². The Morgan fingerprint density at radius 2 is 1.88 bits per heavy atom. The molecule has 0 amide bonds. The number of hydrogen-bond donors (Lipinski definition) is 2. The van der Waals surface area contributed by atoms with Crippen molar-refractivity contribution in [2.75, 3.05) is 11.9 Å². The van der Waals surface area contributed by atoms with Gasteiger partial charge in [-0.25, -0.2) is 9.50 Å². The minimum Gasteiger partial charge on any atom is -0.396 e. The molecule has 3 heterocycles. The van der Waals surface area contributed by atoms with E-state index in [0.29, 0.717) is 18.6 Å². The summed E-state index contributed by atoms with van der Waals surface area (Å²) >= 11 is 0. The SMILES string of the molecule is OC[C@H]1CC[C@@H](Nc2ccc3ncc(-c4ccncc4)n3n2)CC1. The maximum atomic E-state index is 9.25. The van der Waals surface area contributed by atoms with Gasteiger partial charge in [0.25, 0.3) is 0 Å². The van der Waals surface area contributed by atoms with Crippen LogP contribution in [0.5, 0.6) is 0 Å². The average molecular weight is 323 g/mol. The van der Waals surface area contributed by atoms with Crippen LogP contribution in [0.15, 0.2) is 42.9 Å². The summed E-state index contributed by atoms with van der Waals surface area (Å²) in [7, 11) is 0. The number of nitrogens with one attached hydrogen (secondary N) is 1. The van der Waals surface area contributed by atoms with E-state index in [-0.39, 0.29) is 0 Å². The van der Waals surface area contributed by atoms with Crippen molar-refractivity contribution in [3.63, 3.8) is 0 Å². The highest BCUT2D eigenvalue weighted by Crippen LogP contribution is 2.26. The molecule has 3 aromatic heterocycles. The molecule has 0 aliphatic heterocycles. The average Bonchev–Trinajstić information content (AvgIpc) is 3.06. The van der Waals surface area contributed by atoms with E-state index >= 15 is 0 Å². The third-order valence-corrected chi connectivity index (χ3v) is 4.80. The van der Waals surface area contributed by atoms with Crippen LogP contribution in [0.25, 0.3) is 16.9 Å². The van der Waals surface area contributed by atoms with Crippen LogP contribution in [0.3, 0.4) is 0 Å². The van der Waals surface area contributed by atoms with Crippen LogP contribution < -0.4 is 5.32 Å². The molecule has 6 heteroatoms. The minimum atomic E-state index is 0.307. The highest BCUT2D eigenvalue weighted by Gasteiger charge is 2.20. The number of hydrogen-bond acceptors (Lipinski definition) is 5. The summed E-state index contributed by atoms with van der Waals surface area (Å²) in [6.45, 7) is 0.307. The zero-order valence-electron chi connectivity index (χ0n) is 13.5. The van der Waals surface area contributed by atoms with Gasteiger partial charge in [-0.15, -0.1) is 5.10 Å². The number of fused-ring (bicyclic) bond motifs is 1. The molecule has 24 heavy (non-hydrogen) atoms. The molecule has 3 aromatic rings. The number of aliphatic hydroxyl groups excluding tert-OH is 1. The van der Waals surface area contributed by atoms with E-state index in [0.717, 1.165) is 48.4 Å². The highest BCUT2D eigenvalue weighted by molar-refractivity contribution is 5.63. The zero-order valence-corrected chi connectivity index (χ0v) is 13.5. The quantitative estimate of drug-likeness (QED) is 0.772. The van der Waals surface area contributed by atoms with Gasteiger partial charge in [-0.2, -0.15) is 0 Å². The third kappa shape index (κ3) is 2.97. The lowest BCUT2D eigenvalue weighted by Gasteiger charge is -2.28. The maximum Gasteiger partial charge on any atom is 0.154 e. The maximum absolute atomic E-state index is 9.25. The Hall–Kier alpha value is -2.47. The second kappa shape index (κ2) is 6.57. The van der Waals surface area contributed by atoms with Crippen molar-refractivity contribution >= 4 is 11.5 Å². The molecule has 0 aromatic carbocycles. The van der Waals surface area contributed by atoms with Crippen molar-refractivity contribution in [2.24, 2.45) is 5.92 Å². The van der Waals surface area contributed by atoms with Crippen LogP contribution in [0, 0.1) is 5.92 Å². The molecule has 1 aliphatic carbocycles. The van der Waals surface area contributed by atoms with Gasteiger partial charge in [0, 0.05) is 30.6 Å². The number of anilines is 1. The van der Waals surface area contributed by atoms with Gasteiger partial charge in [0.2, 0.25) is 0 Å². The minimum absolute atomic E-state index is 0.307. The number of aliphatic hydroxyl groups is 1. The largest absolute Gasteiger partial charge is 0.396 e. The zero-order chi connectivity index (χ0) is 16.4.